The van der Waals surface area contributed by atoms with Gasteiger partial charge in [0.05, 0.1) is 0 Å². The number of benzene rings is 2. The minimum Gasteiger partial charge on any atom is -0.368 e. The Bertz CT molecular complexity index is 935. The van der Waals surface area contributed by atoms with E-state index in [0.717, 1.165) is 50.3 Å². The van der Waals surface area contributed by atoms with Gasteiger partial charge in [0.15, 0.2) is 5.78 Å². The van der Waals surface area contributed by atoms with Gasteiger partial charge in [0.2, 0.25) is 0 Å². The molecule has 0 spiro atoms. The molecule has 2 aromatic carbocycles. The third-order valence-electron chi connectivity index (χ3n) is 6.84. The largest absolute Gasteiger partial charge is 0.368 e. The first-order valence-electron chi connectivity index (χ1n) is 11.7. The minimum atomic E-state index is 0.0347. The molecule has 1 unspecified atom stereocenters. The highest BCUT2D eigenvalue weighted by atomic mass is 16.2. The topological polar surface area (TPSA) is 55.9 Å². The highest BCUT2D eigenvalue weighted by Gasteiger charge is 2.25. The first-order valence-corrected chi connectivity index (χ1v) is 11.7. The van der Waals surface area contributed by atoms with Gasteiger partial charge in [0.1, 0.15) is 0 Å². The van der Waals surface area contributed by atoms with Crippen LogP contribution in [0.1, 0.15) is 41.8 Å². The number of ketones is 1. The van der Waals surface area contributed by atoms with E-state index >= 15 is 0 Å². The summed E-state index contributed by atoms with van der Waals surface area (Å²) in [6, 6.07) is 16.8. The fourth-order valence-electron chi connectivity index (χ4n) is 4.75. The first kappa shape index (κ1) is 22.3. The van der Waals surface area contributed by atoms with E-state index in [0.29, 0.717) is 25.7 Å². The van der Waals surface area contributed by atoms with E-state index in [1.807, 2.05) is 29.2 Å². The van der Waals surface area contributed by atoms with Crippen molar-refractivity contribution in [2.75, 3.05) is 44.2 Å². The minimum absolute atomic E-state index is 0.0347. The maximum absolute atomic E-state index is 12.8. The van der Waals surface area contributed by atoms with Gasteiger partial charge in [-0.1, -0.05) is 31.2 Å². The lowest BCUT2D eigenvalue weighted by Gasteiger charge is -2.38. The van der Waals surface area contributed by atoms with Crippen LogP contribution in [0, 0.1) is 0 Å². The summed E-state index contributed by atoms with van der Waals surface area (Å²) in [5.41, 5.74) is 4.70. The Balaban J connectivity index is 1.25. The molecular formula is C26H34N4O2. The monoisotopic (exact) mass is 434 g/mol. The van der Waals surface area contributed by atoms with Crippen LogP contribution in [-0.4, -0.2) is 66.9 Å². The van der Waals surface area contributed by atoms with Crippen molar-refractivity contribution in [2.24, 2.45) is 0 Å². The molecular weight excluding hydrogens is 400 g/mol. The third-order valence-corrected chi connectivity index (χ3v) is 6.84. The van der Waals surface area contributed by atoms with Crippen LogP contribution in [-0.2, 0) is 13.0 Å². The maximum atomic E-state index is 12.8. The van der Waals surface area contributed by atoms with Crippen LogP contribution in [0.25, 0.3) is 0 Å². The predicted octanol–water partition coefficient (Wildman–Crippen LogP) is 3.56. The molecule has 6 nitrogen and oxygen atoms in total. The third kappa shape index (κ3) is 5.13. The lowest BCUT2D eigenvalue weighted by atomic mass is 9.98. The molecule has 2 aliphatic rings. The number of piperazine rings is 1. The van der Waals surface area contributed by atoms with E-state index in [1.165, 1.54) is 11.1 Å². The standard InChI is InChI=1S/C26H34N4O2/c1-3-24(30-13-12-22-6-4-5-7-23(22)19-30)18-27-26(32)29-16-14-28(15-17-29)25-10-8-21(9-11-25)20(2)31/h4-11,24H,3,12-19H2,1-2H3,(H,27,32). The number of amides is 2. The van der Waals surface area contributed by atoms with Gasteiger partial charge < -0.3 is 15.1 Å². The van der Waals surface area contributed by atoms with E-state index in [1.54, 1.807) is 6.92 Å². The molecule has 1 N–H and O–H groups in total. The van der Waals surface area contributed by atoms with Crippen molar-refractivity contribution in [3.8, 4) is 0 Å². The van der Waals surface area contributed by atoms with Crippen molar-refractivity contribution in [3.63, 3.8) is 0 Å². The van der Waals surface area contributed by atoms with Gasteiger partial charge >= 0.3 is 6.03 Å². The fraction of sp³-hybridized carbons (Fsp3) is 0.462. The molecule has 1 saturated heterocycles. The summed E-state index contributed by atoms with van der Waals surface area (Å²) < 4.78 is 0. The van der Waals surface area contributed by atoms with Crippen LogP contribution in [0.3, 0.4) is 0 Å². The molecule has 1 atom stereocenters. The lowest BCUT2D eigenvalue weighted by molar-refractivity contribution is 0.101. The molecule has 0 aliphatic carbocycles. The number of anilines is 1. The molecule has 2 aromatic rings. The zero-order chi connectivity index (χ0) is 22.5. The molecule has 0 bridgehead atoms. The quantitative estimate of drug-likeness (QED) is 0.707. The molecule has 0 radical (unpaired) electrons. The second kappa shape index (κ2) is 10.2. The average Bonchev–Trinajstić information content (AvgIpc) is 2.84. The van der Waals surface area contributed by atoms with Crippen molar-refractivity contribution < 1.29 is 9.59 Å². The van der Waals surface area contributed by atoms with Gasteiger partial charge in [-0.25, -0.2) is 4.79 Å². The van der Waals surface area contributed by atoms with Crippen LogP contribution >= 0.6 is 0 Å². The normalized spacial score (nSPS) is 17.6. The fourth-order valence-corrected chi connectivity index (χ4v) is 4.75. The van der Waals surface area contributed by atoms with Crippen molar-refractivity contribution >= 4 is 17.5 Å². The van der Waals surface area contributed by atoms with Crippen LogP contribution in [0.2, 0.25) is 0 Å². The number of nitrogens with one attached hydrogen (secondary N) is 1. The smallest absolute Gasteiger partial charge is 0.317 e. The number of urea groups is 1. The van der Waals surface area contributed by atoms with E-state index in [9.17, 15) is 9.59 Å². The molecule has 2 amide bonds. The van der Waals surface area contributed by atoms with Crippen LogP contribution in [0.15, 0.2) is 48.5 Å². The summed E-state index contributed by atoms with van der Waals surface area (Å²) in [6.45, 7) is 9.48. The highest BCUT2D eigenvalue weighted by molar-refractivity contribution is 5.94. The van der Waals surface area contributed by atoms with Gasteiger partial charge in [-0.15, -0.1) is 0 Å². The highest BCUT2D eigenvalue weighted by Crippen LogP contribution is 2.21. The Labute approximate surface area is 191 Å². The molecule has 0 saturated carbocycles. The van der Waals surface area contributed by atoms with Crippen molar-refractivity contribution in [1.82, 2.24) is 15.1 Å². The summed E-state index contributed by atoms with van der Waals surface area (Å²) in [5.74, 6) is 0.0807. The zero-order valence-corrected chi connectivity index (χ0v) is 19.2. The predicted molar refractivity (Wildman–Crippen MR) is 128 cm³/mol. The Morgan fingerprint density at radius 1 is 0.938 bits per heavy atom. The van der Waals surface area contributed by atoms with Gasteiger partial charge in [0.25, 0.3) is 0 Å². The van der Waals surface area contributed by atoms with Gasteiger partial charge in [-0.3, -0.25) is 9.69 Å². The number of rotatable bonds is 6. The Morgan fingerprint density at radius 2 is 1.62 bits per heavy atom. The second-order valence-corrected chi connectivity index (χ2v) is 8.81. The number of carbonyl (C=O) groups is 2. The Hall–Kier alpha value is -2.86. The number of hydrogen-bond acceptors (Lipinski definition) is 4. The van der Waals surface area contributed by atoms with Crippen LogP contribution < -0.4 is 10.2 Å². The van der Waals surface area contributed by atoms with Crippen molar-refractivity contribution in [2.45, 2.75) is 39.3 Å². The number of nitrogens with zero attached hydrogens (tertiary/aromatic N) is 3. The zero-order valence-electron chi connectivity index (χ0n) is 19.2. The molecule has 2 heterocycles. The van der Waals surface area contributed by atoms with Crippen molar-refractivity contribution in [1.29, 1.82) is 0 Å². The molecule has 0 aromatic heterocycles. The Kier molecular flexibility index (Phi) is 7.10. The van der Waals surface area contributed by atoms with E-state index in [4.69, 9.17) is 0 Å². The molecule has 170 valence electrons. The summed E-state index contributed by atoms with van der Waals surface area (Å²) in [7, 11) is 0. The van der Waals surface area contributed by atoms with E-state index in [-0.39, 0.29) is 11.8 Å². The number of fused-ring (bicyclic) bond motifs is 1. The number of hydrogen-bond donors (Lipinski definition) is 1. The molecule has 6 heteroatoms. The first-order chi connectivity index (χ1) is 15.5. The summed E-state index contributed by atoms with van der Waals surface area (Å²) in [5, 5.41) is 3.19. The van der Waals surface area contributed by atoms with E-state index < -0.39 is 0 Å². The molecule has 32 heavy (non-hydrogen) atoms. The molecule has 2 aliphatic heterocycles. The molecule has 4 rings (SSSR count). The van der Waals surface area contributed by atoms with Gasteiger partial charge in [0, 0.05) is 63.1 Å². The van der Waals surface area contributed by atoms with Gasteiger partial charge in [-0.2, -0.15) is 0 Å². The number of carbonyl (C=O) groups excluding carboxylic acids is 2. The van der Waals surface area contributed by atoms with Crippen LogP contribution in [0.4, 0.5) is 10.5 Å². The summed E-state index contributed by atoms with van der Waals surface area (Å²) in [4.78, 5) is 31.0. The summed E-state index contributed by atoms with van der Waals surface area (Å²) >= 11 is 0. The Morgan fingerprint density at radius 3 is 2.28 bits per heavy atom. The SMILES string of the molecule is CCC(CNC(=O)N1CCN(c2ccc(C(C)=O)cc2)CC1)N1CCc2ccccc2C1. The number of Topliss-reactive ketones (excluding diaryl/α,β-unsaturated/α-hetero) is 1. The summed E-state index contributed by atoms with van der Waals surface area (Å²) in [6.07, 6.45) is 2.10. The van der Waals surface area contributed by atoms with Gasteiger partial charge in [-0.05, 0) is 55.2 Å². The second-order valence-electron chi connectivity index (χ2n) is 8.81. The van der Waals surface area contributed by atoms with Crippen molar-refractivity contribution in [3.05, 3.63) is 65.2 Å². The lowest BCUT2D eigenvalue weighted by Crippen LogP contribution is -2.54. The van der Waals surface area contributed by atoms with E-state index in [2.05, 4.69) is 46.3 Å². The maximum Gasteiger partial charge on any atom is 0.317 e. The average molecular weight is 435 g/mol. The van der Waals surface area contributed by atoms with Crippen LogP contribution in [0.5, 0.6) is 0 Å². The molecule has 1 fully saturated rings.